The standard InChI is InChI=1S/C21H21ClN2O2S/c1-3-25-18-11-14-9-10-24-21(17(14)12-19(18)26-4-2)20(13-23)27-16-7-5-15(22)6-8-16/h5-8,11-12,20H,3-4,9-10H2,1-2H3. The van der Waals surface area contributed by atoms with Gasteiger partial charge >= 0.3 is 0 Å². The molecule has 0 radical (unpaired) electrons. The van der Waals surface area contributed by atoms with Crippen molar-refractivity contribution in [1.82, 2.24) is 0 Å². The van der Waals surface area contributed by atoms with Gasteiger partial charge in [0.1, 0.15) is 5.25 Å². The van der Waals surface area contributed by atoms with Crippen molar-refractivity contribution in [2.45, 2.75) is 30.4 Å². The van der Waals surface area contributed by atoms with Crippen molar-refractivity contribution in [1.29, 1.82) is 5.26 Å². The highest BCUT2D eigenvalue weighted by Gasteiger charge is 2.26. The number of thioether (sulfide) groups is 1. The third kappa shape index (κ3) is 4.58. The Balaban J connectivity index is 1.95. The minimum atomic E-state index is -0.405. The van der Waals surface area contributed by atoms with E-state index < -0.39 is 5.25 Å². The van der Waals surface area contributed by atoms with Crippen LogP contribution >= 0.6 is 23.4 Å². The van der Waals surface area contributed by atoms with E-state index in [-0.39, 0.29) is 0 Å². The fraction of sp³-hybridized carbons (Fsp3) is 0.333. The van der Waals surface area contributed by atoms with Crippen LogP contribution in [0.25, 0.3) is 0 Å². The Kier molecular flexibility index (Phi) is 6.65. The highest BCUT2D eigenvalue weighted by Crippen LogP contribution is 2.36. The van der Waals surface area contributed by atoms with Crippen LogP contribution in [0.1, 0.15) is 25.0 Å². The maximum Gasteiger partial charge on any atom is 0.161 e. The largest absolute Gasteiger partial charge is 0.490 e. The van der Waals surface area contributed by atoms with Gasteiger partial charge in [0.05, 0.1) is 25.0 Å². The van der Waals surface area contributed by atoms with Crippen molar-refractivity contribution in [3.63, 3.8) is 0 Å². The molecule has 0 N–H and O–H groups in total. The van der Waals surface area contributed by atoms with Crippen molar-refractivity contribution < 1.29 is 9.47 Å². The van der Waals surface area contributed by atoms with E-state index in [0.29, 0.717) is 30.5 Å². The van der Waals surface area contributed by atoms with Crippen LogP contribution in [0.2, 0.25) is 5.02 Å². The first kappa shape index (κ1) is 19.6. The highest BCUT2D eigenvalue weighted by molar-refractivity contribution is 8.01. The van der Waals surface area contributed by atoms with Crippen LogP contribution < -0.4 is 9.47 Å². The summed E-state index contributed by atoms with van der Waals surface area (Å²) in [6.45, 7) is 5.69. The molecule has 1 heterocycles. The van der Waals surface area contributed by atoms with Gasteiger partial charge in [0.15, 0.2) is 11.5 Å². The molecule has 140 valence electrons. The fourth-order valence-electron chi connectivity index (χ4n) is 2.98. The molecule has 6 heteroatoms. The molecular weight excluding hydrogens is 380 g/mol. The molecule has 1 aliphatic heterocycles. The molecule has 2 aromatic rings. The fourth-order valence-corrected chi connectivity index (χ4v) is 4.04. The number of aliphatic imine (C=N–C) groups is 1. The van der Waals surface area contributed by atoms with Crippen LogP contribution in [0, 0.1) is 11.3 Å². The number of rotatable bonds is 7. The molecule has 0 fully saturated rings. The van der Waals surface area contributed by atoms with Gasteiger partial charge in [-0.15, -0.1) is 11.8 Å². The number of nitriles is 1. The summed E-state index contributed by atoms with van der Waals surface area (Å²) in [6, 6.07) is 13.9. The summed E-state index contributed by atoms with van der Waals surface area (Å²) < 4.78 is 11.5. The number of ether oxygens (including phenoxy) is 2. The average Bonchev–Trinajstić information content (AvgIpc) is 2.68. The molecule has 0 spiro atoms. The van der Waals surface area contributed by atoms with Crippen molar-refractivity contribution in [3.8, 4) is 17.6 Å². The van der Waals surface area contributed by atoms with Gasteiger partial charge in [-0.3, -0.25) is 4.99 Å². The first-order chi connectivity index (χ1) is 13.2. The molecule has 0 saturated heterocycles. The van der Waals surface area contributed by atoms with Crippen LogP contribution in [-0.4, -0.2) is 30.7 Å². The molecule has 1 aliphatic rings. The second-order valence-electron chi connectivity index (χ2n) is 5.92. The molecule has 0 aromatic heterocycles. The first-order valence-corrected chi connectivity index (χ1v) is 10.2. The number of halogens is 1. The Hall–Kier alpha value is -2.16. The summed E-state index contributed by atoms with van der Waals surface area (Å²) >= 11 is 7.44. The number of nitrogens with zero attached hydrogens (tertiary/aromatic N) is 2. The van der Waals surface area contributed by atoms with Gasteiger partial charge in [-0.1, -0.05) is 11.6 Å². The van der Waals surface area contributed by atoms with Crippen LogP contribution in [0.4, 0.5) is 0 Å². The molecule has 0 saturated carbocycles. The van der Waals surface area contributed by atoms with Crippen LogP contribution in [0.5, 0.6) is 11.5 Å². The Morgan fingerprint density at radius 1 is 1.15 bits per heavy atom. The van der Waals surface area contributed by atoms with Crippen LogP contribution in [0.15, 0.2) is 46.3 Å². The second-order valence-corrected chi connectivity index (χ2v) is 7.53. The normalized spacial score (nSPS) is 13.9. The minimum absolute atomic E-state index is 0.405. The van der Waals surface area contributed by atoms with Gasteiger partial charge in [-0.2, -0.15) is 5.26 Å². The molecule has 1 unspecified atom stereocenters. The topological polar surface area (TPSA) is 54.6 Å². The van der Waals surface area contributed by atoms with E-state index in [1.54, 1.807) is 0 Å². The van der Waals surface area contributed by atoms with Gasteiger partial charge in [0.2, 0.25) is 0 Å². The lowest BCUT2D eigenvalue weighted by molar-refractivity contribution is 0.287. The van der Waals surface area contributed by atoms with E-state index in [1.807, 2.05) is 50.2 Å². The van der Waals surface area contributed by atoms with E-state index in [0.717, 1.165) is 33.9 Å². The lowest BCUT2D eigenvalue weighted by atomic mass is 9.95. The number of hydrogen-bond donors (Lipinski definition) is 0. The van der Waals surface area contributed by atoms with Gasteiger partial charge in [-0.05, 0) is 62.2 Å². The minimum Gasteiger partial charge on any atom is -0.490 e. The molecule has 0 bridgehead atoms. The molecule has 1 atom stereocenters. The molecule has 4 nitrogen and oxygen atoms in total. The highest BCUT2D eigenvalue weighted by atomic mass is 35.5. The Morgan fingerprint density at radius 2 is 1.81 bits per heavy atom. The summed E-state index contributed by atoms with van der Waals surface area (Å²) in [5.41, 5.74) is 2.91. The molecule has 2 aromatic carbocycles. The molecule has 27 heavy (non-hydrogen) atoms. The Labute approximate surface area is 169 Å². The summed E-state index contributed by atoms with van der Waals surface area (Å²) in [4.78, 5) is 5.67. The predicted molar refractivity (Wildman–Crippen MR) is 111 cm³/mol. The van der Waals surface area contributed by atoms with E-state index in [9.17, 15) is 5.26 Å². The van der Waals surface area contributed by atoms with Crippen LogP contribution in [-0.2, 0) is 6.42 Å². The maximum absolute atomic E-state index is 9.80. The van der Waals surface area contributed by atoms with Crippen molar-refractivity contribution in [2.24, 2.45) is 4.99 Å². The zero-order valence-corrected chi connectivity index (χ0v) is 16.9. The van der Waals surface area contributed by atoms with E-state index >= 15 is 0 Å². The number of hydrogen-bond acceptors (Lipinski definition) is 5. The van der Waals surface area contributed by atoms with Crippen molar-refractivity contribution in [2.75, 3.05) is 19.8 Å². The van der Waals surface area contributed by atoms with Gasteiger partial charge < -0.3 is 9.47 Å². The monoisotopic (exact) mass is 400 g/mol. The van der Waals surface area contributed by atoms with E-state index in [4.69, 9.17) is 21.1 Å². The van der Waals surface area contributed by atoms with Gasteiger partial charge in [-0.25, -0.2) is 0 Å². The zero-order valence-electron chi connectivity index (χ0n) is 15.4. The van der Waals surface area contributed by atoms with Gasteiger partial charge in [0.25, 0.3) is 0 Å². The third-order valence-electron chi connectivity index (χ3n) is 4.14. The number of fused-ring (bicyclic) bond motifs is 1. The van der Waals surface area contributed by atoms with Gasteiger partial charge in [0, 0.05) is 22.0 Å². The molecule has 0 amide bonds. The van der Waals surface area contributed by atoms with E-state index in [1.165, 1.54) is 11.8 Å². The third-order valence-corrected chi connectivity index (χ3v) is 5.50. The summed E-state index contributed by atoms with van der Waals surface area (Å²) in [7, 11) is 0. The zero-order chi connectivity index (χ0) is 19.2. The maximum atomic E-state index is 9.80. The molecule has 0 aliphatic carbocycles. The lowest BCUT2D eigenvalue weighted by Crippen LogP contribution is -2.23. The van der Waals surface area contributed by atoms with E-state index in [2.05, 4.69) is 11.1 Å². The smallest absolute Gasteiger partial charge is 0.161 e. The summed E-state index contributed by atoms with van der Waals surface area (Å²) in [5.74, 6) is 1.44. The molecular formula is C21H21ClN2O2S. The lowest BCUT2D eigenvalue weighted by Gasteiger charge is -2.22. The predicted octanol–water partition coefficient (Wildman–Crippen LogP) is 5.17. The van der Waals surface area contributed by atoms with Crippen molar-refractivity contribution in [3.05, 3.63) is 52.5 Å². The summed E-state index contributed by atoms with van der Waals surface area (Å²) in [5, 5.41) is 10.1. The average molecular weight is 401 g/mol. The molecule has 3 rings (SSSR count). The Morgan fingerprint density at radius 3 is 2.44 bits per heavy atom. The number of benzene rings is 2. The van der Waals surface area contributed by atoms with Crippen molar-refractivity contribution >= 4 is 29.1 Å². The quantitative estimate of drug-likeness (QED) is 0.602. The second kappa shape index (κ2) is 9.16. The first-order valence-electron chi connectivity index (χ1n) is 8.95. The van der Waals surface area contributed by atoms with Crippen LogP contribution in [0.3, 0.4) is 0 Å². The Bertz CT molecular complexity index is 875. The summed E-state index contributed by atoms with van der Waals surface area (Å²) in [6.07, 6.45) is 0.828. The SMILES string of the molecule is CCOc1cc2c(cc1OCC)C(C(C#N)Sc1ccc(Cl)cc1)=NCC2.